The lowest BCUT2D eigenvalue weighted by Gasteiger charge is -2.09. The highest BCUT2D eigenvalue weighted by molar-refractivity contribution is 5.96. The van der Waals surface area contributed by atoms with E-state index in [0.29, 0.717) is 17.6 Å². The first kappa shape index (κ1) is 30.5. The van der Waals surface area contributed by atoms with Gasteiger partial charge < -0.3 is 0 Å². The Balaban J connectivity index is 1.06. The molecule has 0 aliphatic heterocycles. The topological polar surface area (TPSA) is 83.1 Å². The van der Waals surface area contributed by atoms with Crippen LogP contribution in [0, 0.1) is 0 Å². The lowest BCUT2D eigenvalue weighted by atomic mass is 10.0. The SMILES string of the molecule is c1ccc(-c2nc(-c3ccccc3)nc(-n3c4ccccc4n4c5cc(-c6ccc7nc8n(-c9ccccc9)c9ccccc9n8c7c6)ccc5nc34)n2)cc1. The largest absolute Gasteiger partial charge is 0.278 e. The lowest BCUT2D eigenvalue weighted by molar-refractivity contribution is 0.937. The smallest absolute Gasteiger partial charge is 0.241 e. The fourth-order valence-corrected chi connectivity index (χ4v) is 8.09. The summed E-state index contributed by atoms with van der Waals surface area (Å²) in [6.45, 7) is 0. The molecule has 5 aromatic heterocycles. The van der Waals surface area contributed by atoms with Crippen LogP contribution in [0.1, 0.15) is 0 Å². The Morgan fingerprint density at radius 3 is 1.25 bits per heavy atom. The highest BCUT2D eigenvalue weighted by Gasteiger charge is 2.22. The molecule has 0 aliphatic carbocycles. The molecule has 0 radical (unpaired) electrons. The number of imidazole rings is 4. The Labute approximate surface area is 319 Å². The van der Waals surface area contributed by atoms with Crippen LogP contribution in [0.4, 0.5) is 0 Å². The van der Waals surface area contributed by atoms with Gasteiger partial charge in [0.05, 0.1) is 44.1 Å². The summed E-state index contributed by atoms with van der Waals surface area (Å²) in [5.41, 5.74) is 13.1. The van der Waals surface area contributed by atoms with E-state index in [2.05, 4.69) is 116 Å². The number of fused-ring (bicyclic) bond motifs is 10. The van der Waals surface area contributed by atoms with Crippen LogP contribution < -0.4 is 0 Å². The van der Waals surface area contributed by atoms with Gasteiger partial charge in [-0.25, -0.2) is 19.5 Å². The molecule has 0 unspecified atom stereocenters. The van der Waals surface area contributed by atoms with Gasteiger partial charge >= 0.3 is 0 Å². The van der Waals surface area contributed by atoms with Crippen molar-refractivity contribution in [3.05, 3.63) is 176 Å². The number of aromatic nitrogens is 9. The van der Waals surface area contributed by atoms with E-state index in [-0.39, 0.29) is 0 Å². The summed E-state index contributed by atoms with van der Waals surface area (Å²) in [4.78, 5) is 25.5. The first-order valence-corrected chi connectivity index (χ1v) is 18.5. The molecule has 0 bridgehead atoms. The van der Waals surface area contributed by atoms with Crippen molar-refractivity contribution in [3.63, 3.8) is 0 Å². The molecule has 262 valence electrons. The third-order valence-electron chi connectivity index (χ3n) is 10.6. The van der Waals surface area contributed by atoms with Crippen molar-refractivity contribution in [2.24, 2.45) is 0 Å². The Kier molecular flexibility index (Phi) is 6.43. The highest BCUT2D eigenvalue weighted by atomic mass is 15.3. The summed E-state index contributed by atoms with van der Waals surface area (Å²) in [6, 6.07) is 60.3. The van der Waals surface area contributed by atoms with Gasteiger partial charge in [-0.1, -0.05) is 115 Å². The van der Waals surface area contributed by atoms with Crippen molar-refractivity contribution in [1.29, 1.82) is 0 Å². The van der Waals surface area contributed by atoms with Crippen molar-refractivity contribution in [2.75, 3.05) is 0 Å². The normalized spacial score (nSPS) is 11.9. The molecule has 0 atom stereocenters. The van der Waals surface area contributed by atoms with Crippen molar-refractivity contribution >= 4 is 55.7 Å². The number of hydrogen-bond donors (Lipinski definition) is 0. The Morgan fingerprint density at radius 2 is 0.732 bits per heavy atom. The lowest BCUT2D eigenvalue weighted by Crippen LogP contribution is -2.06. The van der Waals surface area contributed by atoms with E-state index in [0.717, 1.165) is 83.6 Å². The second kappa shape index (κ2) is 11.8. The molecule has 9 nitrogen and oxygen atoms in total. The maximum atomic E-state index is 5.23. The van der Waals surface area contributed by atoms with Crippen LogP contribution in [-0.4, -0.2) is 42.9 Å². The third-order valence-corrected chi connectivity index (χ3v) is 10.6. The molecule has 0 saturated carbocycles. The summed E-state index contributed by atoms with van der Waals surface area (Å²) < 4.78 is 8.77. The van der Waals surface area contributed by atoms with Gasteiger partial charge in [0.2, 0.25) is 17.5 Å². The van der Waals surface area contributed by atoms with Gasteiger partial charge in [-0.15, -0.1) is 0 Å². The minimum atomic E-state index is 0.504. The van der Waals surface area contributed by atoms with E-state index < -0.39 is 0 Å². The van der Waals surface area contributed by atoms with Gasteiger partial charge in [0, 0.05) is 16.8 Å². The van der Waals surface area contributed by atoms with Crippen LogP contribution >= 0.6 is 0 Å². The van der Waals surface area contributed by atoms with Crippen LogP contribution in [0.2, 0.25) is 0 Å². The maximum absolute atomic E-state index is 5.23. The number of nitrogens with zero attached hydrogens (tertiary/aromatic N) is 9. The van der Waals surface area contributed by atoms with Crippen molar-refractivity contribution < 1.29 is 0 Å². The van der Waals surface area contributed by atoms with Gasteiger partial charge in [-0.2, -0.15) is 9.97 Å². The van der Waals surface area contributed by atoms with Crippen molar-refractivity contribution in [3.8, 4) is 45.5 Å². The second-order valence-corrected chi connectivity index (χ2v) is 13.9. The summed E-state index contributed by atoms with van der Waals surface area (Å²) in [6.07, 6.45) is 0. The number of rotatable bonds is 5. The van der Waals surface area contributed by atoms with E-state index in [9.17, 15) is 0 Å². The Bertz CT molecular complexity index is 3410. The summed E-state index contributed by atoms with van der Waals surface area (Å²) in [5.74, 6) is 3.31. The third kappa shape index (κ3) is 4.51. The molecular formula is C47H29N9. The molecule has 9 heteroatoms. The molecule has 56 heavy (non-hydrogen) atoms. The van der Waals surface area contributed by atoms with Gasteiger partial charge in [-0.3, -0.25) is 13.4 Å². The van der Waals surface area contributed by atoms with Gasteiger partial charge in [-0.05, 0) is 71.8 Å². The predicted octanol–water partition coefficient (Wildman–Crippen LogP) is 10.4. The Hall–Kier alpha value is -7.91. The maximum Gasteiger partial charge on any atom is 0.241 e. The Morgan fingerprint density at radius 1 is 0.304 bits per heavy atom. The van der Waals surface area contributed by atoms with Gasteiger partial charge in [0.15, 0.2) is 11.6 Å². The molecule has 0 amide bonds. The molecule has 0 N–H and O–H groups in total. The van der Waals surface area contributed by atoms with E-state index in [1.807, 2.05) is 77.4 Å². The number of benzene rings is 7. The summed E-state index contributed by atoms with van der Waals surface area (Å²) in [7, 11) is 0. The minimum Gasteiger partial charge on any atom is -0.278 e. The molecule has 7 aromatic carbocycles. The number of hydrogen-bond acceptors (Lipinski definition) is 5. The van der Waals surface area contributed by atoms with E-state index in [1.165, 1.54) is 0 Å². The summed E-state index contributed by atoms with van der Waals surface area (Å²) in [5, 5.41) is 0. The van der Waals surface area contributed by atoms with Gasteiger partial charge in [0.1, 0.15) is 0 Å². The molecule has 12 rings (SSSR count). The molecular weight excluding hydrogens is 691 g/mol. The fraction of sp³-hybridized carbons (Fsp3) is 0. The van der Waals surface area contributed by atoms with E-state index in [1.54, 1.807) is 0 Å². The second-order valence-electron chi connectivity index (χ2n) is 13.9. The molecule has 0 fully saturated rings. The van der Waals surface area contributed by atoms with Gasteiger partial charge in [0.25, 0.3) is 0 Å². The molecule has 0 spiro atoms. The predicted molar refractivity (Wildman–Crippen MR) is 222 cm³/mol. The molecule has 0 aliphatic rings. The zero-order valence-electron chi connectivity index (χ0n) is 29.8. The average molecular weight is 720 g/mol. The molecule has 0 saturated heterocycles. The first-order chi connectivity index (χ1) is 27.8. The quantitative estimate of drug-likeness (QED) is 0.177. The van der Waals surface area contributed by atoms with Crippen LogP contribution in [0.3, 0.4) is 0 Å². The van der Waals surface area contributed by atoms with E-state index >= 15 is 0 Å². The van der Waals surface area contributed by atoms with E-state index in [4.69, 9.17) is 24.9 Å². The highest BCUT2D eigenvalue weighted by Crippen LogP contribution is 2.35. The van der Waals surface area contributed by atoms with Crippen LogP contribution in [0.5, 0.6) is 0 Å². The fourth-order valence-electron chi connectivity index (χ4n) is 8.09. The van der Waals surface area contributed by atoms with Crippen LogP contribution in [0.25, 0.3) is 101 Å². The molecule has 12 aromatic rings. The van der Waals surface area contributed by atoms with Crippen molar-refractivity contribution in [1.82, 2.24) is 42.9 Å². The minimum absolute atomic E-state index is 0.504. The first-order valence-electron chi connectivity index (χ1n) is 18.5. The standard InChI is InChI=1S/C47H29N9/c1-4-14-30(15-5-1)43-50-44(31-16-6-2-7-17-31)52-45(51-43)56-40-23-13-12-22-39(40)55-42-29-33(25-27-36(42)49-47(55)56)32-24-26-35-41(28-32)54-38-21-11-10-20-37(38)53(46(54)48-35)34-18-8-3-9-19-34/h1-29H. The van der Waals surface area contributed by atoms with Crippen molar-refractivity contribution in [2.45, 2.75) is 0 Å². The summed E-state index contributed by atoms with van der Waals surface area (Å²) >= 11 is 0. The molecule has 5 heterocycles. The average Bonchev–Trinajstić information content (AvgIpc) is 4.00. The number of para-hydroxylation sites is 5. The monoisotopic (exact) mass is 719 g/mol. The zero-order chi connectivity index (χ0) is 36.7. The van der Waals surface area contributed by atoms with Crippen LogP contribution in [0.15, 0.2) is 176 Å². The van der Waals surface area contributed by atoms with Crippen LogP contribution in [-0.2, 0) is 0 Å². The zero-order valence-corrected chi connectivity index (χ0v) is 29.8.